The van der Waals surface area contributed by atoms with E-state index in [-0.39, 0.29) is 12.1 Å². The van der Waals surface area contributed by atoms with Gasteiger partial charge in [-0.15, -0.1) is 0 Å². The van der Waals surface area contributed by atoms with Crippen LogP contribution in [0.1, 0.15) is 24.7 Å². The summed E-state index contributed by atoms with van der Waals surface area (Å²) in [6.45, 7) is 0.373. The summed E-state index contributed by atoms with van der Waals surface area (Å²) in [7, 11) is 0. The Morgan fingerprint density at radius 3 is 3.00 bits per heavy atom. The van der Waals surface area contributed by atoms with Crippen molar-refractivity contribution in [3.05, 3.63) is 18.4 Å². The fraction of sp³-hybridized carbons (Fsp3) is 0.556. The maximum absolute atomic E-state index is 10.4. The molecule has 1 aromatic rings. The van der Waals surface area contributed by atoms with Crippen LogP contribution in [0.2, 0.25) is 0 Å². The highest BCUT2D eigenvalue weighted by molar-refractivity contribution is 5.64. The smallest absolute Gasteiger partial charge is 0.404 e. The largest absolute Gasteiger partial charge is 0.465 e. The molecule has 1 aromatic heterocycles. The summed E-state index contributed by atoms with van der Waals surface area (Å²) in [5, 5.41) is 10.9. The molecule has 82 valence electrons. The molecular weight excluding hydrogens is 200 g/mol. The second-order valence-corrected chi connectivity index (χ2v) is 3.45. The Morgan fingerprint density at radius 2 is 2.47 bits per heavy atom. The second-order valence-electron chi connectivity index (χ2n) is 3.45. The monoisotopic (exact) mass is 212 g/mol. The molecule has 1 amide bonds. The zero-order valence-electron chi connectivity index (χ0n) is 8.05. The zero-order chi connectivity index (χ0) is 10.7. The van der Waals surface area contributed by atoms with Gasteiger partial charge in [0.15, 0.2) is 12.2 Å². The maximum Gasteiger partial charge on any atom is 0.404 e. The number of ether oxygens (including phenoxy) is 1. The van der Waals surface area contributed by atoms with Gasteiger partial charge in [-0.25, -0.2) is 9.78 Å². The van der Waals surface area contributed by atoms with Crippen LogP contribution in [-0.4, -0.2) is 28.8 Å². The van der Waals surface area contributed by atoms with E-state index in [0.29, 0.717) is 12.4 Å². The molecule has 2 rings (SSSR count). The Bertz CT molecular complexity index is 317. The molecule has 2 heterocycles. The standard InChI is InChI=1S/C9H12N2O4/c12-9(13)11-6-1-2-7(14-4-6)8-3-10-5-15-8/h3,5-7,11H,1-2,4H2,(H,12,13)/t6-,7+/m1/s1. The van der Waals surface area contributed by atoms with E-state index in [1.807, 2.05) is 0 Å². The fourth-order valence-corrected chi connectivity index (χ4v) is 1.65. The van der Waals surface area contributed by atoms with Gasteiger partial charge in [-0.1, -0.05) is 0 Å². The Kier molecular flexibility index (Phi) is 2.86. The highest BCUT2D eigenvalue weighted by Gasteiger charge is 2.25. The molecule has 0 radical (unpaired) electrons. The molecule has 2 N–H and O–H groups in total. The number of oxazole rings is 1. The van der Waals surface area contributed by atoms with Crippen molar-refractivity contribution in [3.63, 3.8) is 0 Å². The average Bonchev–Trinajstić information content (AvgIpc) is 2.71. The van der Waals surface area contributed by atoms with E-state index in [1.165, 1.54) is 6.39 Å². The minimum atomic E-state index is -1.01. The lowest BCUT2D eigenvalue weighted by molar-refractivity contribution is -0.0145. The zero-order valence-corrected chi connectivity index (χ0v) is 8.05. The van der Waals surface area contributed by atoms with Gasteiger partial charge in [0.25, 0.3) is 0 Å². The van der Waals surface area contributed by atoms with Crippen LogP contribution in [-0.2, 0) is 4.74 Å². The third kappa shape index (κ3) is 2.47. The van der Waals surface area contributed by atoms with Gasteiger partial charge in [0.1, 0.15) is 6.10 Å². The van der Waals surface area contributed by atoms with Gasteiger partial charge < -0.3 is 19.6 Å². The van der Waals surface area contributed by atoms with E-state index < -0.39 is 6.09 Å². The summed E-state index contributed by atoms with van der Waals surface area (Å²) in [6, 6.07) is -0.123. The van der Waals surface area contributed by atoms with Gasteiger partial charge in [0.05, 0.1) is 18.8 Å². The molecule has 0 spiro atoms. The molecule has 0 saturated carbocycles. The molecule has 2 atom stereocenters. The van der Waals surface area contributed by atoms with Gasteiger partial charge in [-0.3, -0.25) is 0 Å². The van der Waals surface area contributed by atoms with Crippen LogP contribution in [0.5, 0.6) is 0 Å². The van der Waals surface area contributed by atoms with Crippen molar-refractivity contribution in [1.29, 1.82) is 0 Å². The number of rotatable bonds is 2. The van der Waals surface area contributed by atoms with Crippen molar-refractivity contribution < 1.29 is 19.1 Å². The van der Waals surface area contributed by atoms with E-state index in [9.17, 15) is 4.79 Å². The quantitative estimate of drug-likeness (QED) is 0.768. The molecule has 1 saturated heterocycles. The van der Waals surface area contributed by atoms with Gasteiger partial charge >= 0.3 is 6.09 Å². The molecule has 0 bridgehead atoms. The van der Waals surface area contributed by atoms with E-state index in [4.69, 9.17) is 14.3 Å². The van der Waals surface area contributed by atoms with Crippen LogP contribution in [0.3, 0.4) is 0 Å². The van der Waals surface area contributed by atoms with E-state index in [2.05, 4.69) is 10.3 Å². The first kappa shape index (κ1) is 9.97. The Balaban J connectivity index is 1.84. The minimum Gasteiger partial charge on any atom is -0.465 e. The molecule has 0 aromatic carbocycles. The normalized spacial score (nSPS) is 26.1. The van der Waals surface area contributed by atoms with Gasteiger partial charge in [0, 0.05) is 0 Å². The fourth-order valence-electron chi connectivity index (χ4n) is 1.65. The maximum atomic E-state index is 10.4. The van der Waals surface area contributed by atoms with Crippen molar-refractivity contribution in [3.8, 4) is 0 Å². The summed E-state index contributed by atoms with van der Waals surface area (Å²) in [5.74, 6) is 0.698. The number of hydrogen-bond donors (Lipinski definition) is 2. The summed E-state index contributed by atoms with van der Waals surface area (Å²) in [4.78, 5) is 14.2. The number of nitrogens with one attached hydrogen (secondary N) is 1. The number of carboxylic acid groups (broad SMARTS) is 1. The van der Waals surface area contributed by atoms with Crippen LogP contribution < -0.4 is 5.32 Å². The molecule has 0 aliphatic carbocycles. The van der Waals surface area contributed by atoms with Crippen molar-refractivity contribution in [2.24, 2.45) is 0 Å². The summed E-state index contributed by atoms with van der Waals surface area (Å²) in [5.41, 5.74) is 0. The Hall–Kier alpha value is -1.56. The lowest BCUT2D eigenvalue weighted by Gasteiger charge is -2.27. The number of aromatic nitrogens is 1. The van der Waals surface area contributed by atoms with Crippen LogP contribution in [0.4, 0.5) is 4.79 Å². The van der Waals surface area contributed by atoms with Crippen LogP contribution in [0.15, 0.2) is 17.0 Å². The highest BCUT2D eigenvalue weighted by atomic mass is 16.5. The van der Waals surface area contributed by atoms with E-state index in [1.54, 1.807) is 6.20 Å². The topological polar surface area (TPSA) is 84.6 Å². The third-order valence-corrected chi connectivity index (χ3v) is 2.37. The first-order chi connectivity index (χ1) is 7.25. The van der Waals surface area contributed by atoms with Crippen molar-refractivity contribution in [1.82, 2.24) is 10.3 Å². The predicted octanol–water partition coefficient (Wildman–Crippen LogP) is 1.16. The number of carbonyl (C=O) groups is 1. The molecule has 6 heteroatoms. The number of hydrogen-bond acceptors (Lipinski definition) is 4. The van der Waals surface area contributed by atoms with Crippen molar-refractivity contribution in [2.45, 2.75) is 25.0 Å². The van der Waals surface area contributed by atoms with Gasteiger partial charge in [-0.2, -0.15) is 0 Å². The second kappa shape index (κ2) is 4.31. The molecule has 1 aliphatic heterocycles. The molecule has 6 nitrogen and oxygen atoms in total. The molecule has 0 unspecified atom stereocenters. The van der Waals surface area contributed by atoms with E-state index >= 15 is 0 Å². The third-order valence-electron chi connectivity index (χ3n) is 2.37. The van der Waals surface area contributed by atoms with Crippen LogP contribution in [0.25, 0.3) is 0 Å². The molecule has 1 fully saturated rings. The highest BCUT2D eigenvalue weighted by Crippen LogP contribution is 2.27. The number of nitrogens with zero attached hydrogens (tertiary/aromatic N) is 1. The van der Waals surface area contributed by atoms with E-state index in [0.717, 1.165) is 12.8 Å². The van der Waals surface area contributed by atoms with Crippen molar-refractivity contribution >= 4 is 6.09 Å². The summed E-state index contributed by atoms with van der Waals surface area (Å²) >= 11 is 0. The molecule has 15 heavy (non-hydrogen) atoms. The number of amides is 1. The average molecular weight is 212 g/mol. The van der Waals surface area contributed by atoms with Crippen molar-refractivity contribution in [2.75, 3.05) is 6.61 Å². The minimum absolute atomic E-state index is 0.0978. The SMILES string of the molecule is O=C(O)N[C@@H]1CC[C@@H](c2cnco2)OC1. The molecular formula is C9H12N2O4. The Morgan fingerprint density at radius 1 is 1.60 bits per heavy atom. The van der Waals surface area contributed by atoms with Gasteiger partial charge in [-0.05, 0) is 12.8 Å². The van der Waals surface area contributed by atoms with Crippen LogP contribution in [0, 0.1) is 0 Å². The summed E-state index contributed by atoms with van der Waals surface area (Å²) in [6.07, 6.45) is 3.36. The first-order valence-corrected chi connectivity index (χ1v) is 4.75. The lowest BCUT2D eigenvalue weighted by atomic mass is 10.0. The van der Waals surface area contributed by atoms with Crippen LogP contribution >= 0.6 is 0 Å². The molecule has 1 aliphatic rings. The first-order valence-electron chi connectivity index (χ1n) is 4.75. The Labute approximate surface area is 86.2 Å². The lowest BCUT2D eigenvalue weighted by Crippen LogP contribution is -2.40. The van der Waals surface area contributed by atoms with Gasteiger partial charge in [0.2, 0.25) is 0 Å². The summed E-state index contributed by atoms with van der Waals surface area (Å²) < 4.78 is 10.6. The predicted molar refractivity (Wildman–Crippen MR) is 49.4 cm³/mol.